The maximum absolute atomic E-state index is 11.6. The van der Waals surface area contributed by atoms with E-state index in [1.165, 1.54) is 32.8 Å². The van der Waals surface area contributed by atoms with E-state index < -0.39 is 10.8 Å². The zero-order chi connectivity index (χ0) is 11.1. The molecule has 1 aliphatic carbocycles. The average Bonchev–Trinajstić information content (AvgIpc) is 2.70. The molecule has 1 atom stereocenters. The van der Waals surface area contributed by atoms with Gasteiger partial charge in [-0.05, 0) is 25.2 Å². The first-order valence-corrected chi connectivity index (χ1v) is 7.13. The van der Waals surface area contributed by atoms with Crippen molar-refractivity contribution in [1.29, 1.82) is 0 Å². The van der Waals surface area contributed by atoms with Crippen LogP contribution in [0.15, 0.2) is 0 Å². The number of ether oxygens (including phenoxy) is 1. The van der Waals surface area contributed by atoms with Crippen LogP contribution in [0.5, 0.6) is 0 Å². The van der Waals surface area contributed by atoms with Gasteiger partial charge in [0.05, 0.1) is 7.11 Å². The summed E-state index contributed by atoms with van der Waals surface area (Å²) in [7, 11) is 0.651. The van der Waals surface area contributed by atoms with Crippen LogP contribution in [0.3, 0.4) is 0 Å². The first kappa shape index (κ1) is 12.7. The number of hydrogen-bond donors (Lipinski definition) is 0. The van der Waals surface area contributed by atoms with E-state index in [-0.39, 0.29) is 5.97 Å². The maximum atomic E-state index is 11.6. The standard InChI is InChI=1S/C11H20O3S/c1-14-11(12)7-4-8-15(13)9-10-5-2-3-6-10/h10H,2-9H2,1H3. The Bertz CT molecular complexity index is 222. The summed E-state index contributed by atoms with van der Waals surface area (Å²) in [6, 6.07) is 0. The van der Waals surface area contributed by atoms with Crippen LogP contribution >= 0.6 is 0 Å². The molecule has 0 aromatic rings. The number of hydrogen-bond acceptors (Lipinski definition) is 3. The van der Waals surface area contributed by atoms with E-state index in [0.29, 0.717) is 24.5 Å². The van der Waals surface area contributed by atoms with Gasteiger partial charge in [-0.3, -0.25) is 9.00 Å². The molecule has 0 heterocycles. The van der Waals surface area contributed by atoms with E-state index in [1.54, 1.807) is 0 Å². The Morgan fingerprint density at radius 1 is 1.40 bits per heavy atom. The summed E-state index contributed by atoms with van der Waals surface area (Å²) >= 11 is 0. The third-order valence-electron chi connectivity index (χ3n) is 2.88. The third-order valence-corrected chi connectivity index (χ3v) is 4.46. The highest BCUT2D eigenvalue weighted by Crippen LogP contribution is 2.25. The molecule has 1 fully saturated rings. The van der Waals surface area contributed by atoms with Gasteiger partial charge >= 0.3 is 5.97 Å². The zero-order valence-corrected chi connectivity index (χ0v) is 10.2. The second kappa shape index (κ2) is 6.99. The molecule has 1 saturated carbocycles. The summed E-state index contributed by atoms with van der Waals surface area (Å²) < 4.78 is 16.2. The van der Waals surface area contributed by atoms with E-state index in [0.717, 1.165) is 5.75 Å². The van der Waals surface area contributed by atoms with E-state index in [9.17, 15) is 9.00 Å². The minimum atomic E-state index is -0.736. The van der Waals surface area contributed by atoms with Crippen LogP contribution in [0.1, 0.15) is 38.5 Å². The number of carbonyl (C=O) groups excluding carboxylic acids is 1. The van der Waals surface area contributed by atoms with Gasteiger partial charge in [0.2, 0.25) is 0 Å². The predicted molar refractivity (Wildman–Crippen MR) is 61.1 cm³/mol. The van der Waals surface area contributed by atoms with Crippen molar-refractivity contribution >= 4 is 16.8 Å². The molecule has 3 nitrogen and oxygen atoms in total. The van der Waals surface area contributed by atoms with Crippen molar-refractivity contribution in [3.05, 3.63) is 0 Å². The van der Waals surface area contributed by atoms with Crippen LogP contribution in [0.4, 0.5) is 0 Å². The molecular formula is C11H20O3S. The van der Waals surface area contributed by atoms with Crippen LogP contribution in [0.2, 0.25) is 0 Å². The maximum Gasteiger partial charge on any atom is 0.305 e. The largest absolute Gasteiger partial charge is 0.469 e. The first-order chi connectivity index (χ1) is 7.22. The van der Waals surface area contributed by atoms with Gasteiger partial charge < -0.3 is 4.74 Å². The van der Waals surface area contributed by atoms with E-state index in [2.05, 4.69) is 4.74 Å². The smallest absolute Gasteiger partial charge is 0.305 e. The molecule has 0 aromatic carbocycles. The summed E-state index contributed by atoms with van der Waals surface area (Å²) in [6.45, 7) is 0. The minimum Gasteiger partial charge on any atom is -0.469 e. The topological polar surface area (TPSA) is 43.4 Å². The Balaban J connectivity index is 2.05. The fraction of sp³-hybridized carbons (Fsp3) is 0.909. The van der Waals surface area contributed by atoms with Crippen LogP contribution in [-0.2, 0) is 20.3 Å². The predicted octanol–water partition coefficient (Wildman–Crippen LogP) is 1.88. The van der Waals surface area contributed by atoms with Crippen molar-refractivity contribution in [2.75, 3.05) is 18.6 Å². The quantitative estimate of drug-likeness (QED) is 0.657. The number of carbonyl (C=O) groups is 1. The lowest BCUT2D eigenvalue weighted by Crippen LogP contribution is -2.11. The van der Waals surface area contributed by atoms with Gasteiger partial charge in [0.15, 0.2) is 0 Å². The Hall–Kier alpha value is -0.380. The molecule has 0 spiro atoms. The van der Waals surface area contributed by atoms with Crippen LogP contribution in [0.25, 0.3) is 0 Å². The normalized spacial score (nSPS) is 19.0. The van der Waals surface area contributed by atoms with Crippen molar-refractivity contribution < 1.29 is 13.7 Å². The third kappa shape index (κ3) is 5.30. The number of rotatable bonds is 6. The molecule has 4 heteroatoms. The molecule has 0 aromatic heterocycles. The molecule has 0 aliphatic heterocycles. The van der Waals surface area contributed by atoms with Crippen LogP contribution in [0, 0.1) is 5.92 Å². The van der Waals surface area contributed by atoms with Crippen molar-refractivity contribution in [2.45, 2.75) is 38.5 Å². The second-order valence-corrected chi connectivity index (χ2v) is 5.76. The van der Waals surface area contributed by atoms with Gasteiger partial charge in [0, 0.05) is 28.7 Å². The fourth-order valence-electron chi connectivity index (χ4n) is 2.00. The molecule has 15 heavy (non-hydrogen) atoms. The molecule has 0 radical (unpaired) electrons. The van der Waals surface area contributed by atoms with Crippen LogP contribution < -0.4 is 0 Å². The second-order valence-electron chi connectivity index (χ2n) is 4.14. The van der Waals surface area contributed by atoms with Gasteiger partial charge in [-0.25, -0.2) is 0 Å². The summed E-state index contributed by atoms with van der Waals surface area (Å²) in [4.78, 5) is 10.8. The summed E-state index contributed by atoms with van der Waals surface area (Å²) in [5, 5.41) is 0. The summed E-state index contributed by atoms with van der Waals surface area (Å²) in [5.74, 6) is 1.95. The highest BCUT2D eigenvalue weighted by Gasteiger charge is 2.17. The lowest BCUT2D eigenvalue weighted by Gasteiger charge is -2.07. The monoisotopic (exact) mass is 232 g/mol. The SMILES string of the molecule is COC(=O)CCCS(=O)CC1CCCC1. The molecule has 0 amide bonds. The molecule has 1 unspecified atom stereocenters. The van der Waals surface area contributed by atoms with Crippen molar-refractivity contribution in [1.82, 2.24) is 0 Å². The van der Waals surface area contributed by atoms with Crippen molar-refractivity contribution in [3.8, 4) is 0 Å². The summed E-state index contributed by atoms with van der Waals surface area (Å²) in [6.07, 6.45) is 6.15. The van der Waals surface area contributed by atoms with Gasteiger partial charge in [-0.2, -0.15) is 0 Å². The Labute approximate surface area is 94.0 Å². The Morgan fingerprint density at radius 3 is 2.67 bits per heavy atom. The first-order valence-electron chi connectivity index (χ1n) is 5.64. The summed E-state index contributed by atoms with van der Waals surface area (Å²) in [5.41, 5.74) is 0. The molecule has 1 rings (SSSR count). The molecule has 88 valence electrons. The van der Waals surface area contributed by atoms with Gasteiger partial charge in [-0.15, -0.1) is 0 Å². The molecule has 0 N–H and O–H groups in total. The molecular weight excluding hydrogens is 212 g/mol. The molecule has 0 saturated heterocycles. The van der Waals surface area contributed by atoms with Gasteiger partial charge in [-0.1, -0.05) is 12.8 Å². The average molecular weight is 232 g/mol. The van der Waals surface area contributed by atoms with Gasteiger partial charge in [0.25, 0.3) is 0 Å². The van der Waals surface area contributed by atoms with Crippen LogP contribution in [-0.4, -0.2) is 28.8 Å². The lowest BCUT2D eigenvalue weighted by atomic mass is 10.1. The highest BCUT2D eigenvalue weighted by molar-refractivity contribution is 7.84. The van der Waals surface area contributed by atoms with Crippen molar-refractivity contribution in [3.63, 3.8) is 0 Å². The molecule has 0 bridgehead atoms. The van der Waals surface area contributed by atoms with E-state index in [4.69, 9.17) is 0 Å². The van der Waals surface area contributed by atoms with E-state index >= 15 is 0 Å². The zero-order valence-electron chi connectivity index (χ0n) is 9.37. The number of esters is 1. The Kier molecular flexibility index (Phi) is 5.91. The Morgan fingerprint density at radius 2 is 2.07 bits per heavy atom. The highest BCUT2D eigenvalue weighted by atomic mass is 32.2. The van der Waals surface area contributed by atoms with Crippen molar-refractivity contribution in [2.24, 2.45) is 5.92 Å². The minimum absolute atomic E-state index is 0.201. The number of methoxy groups -OCH3 is 1. The van der Waals surface area contributed by atoms with E-state index in [1.807, 2.05) is 0 Å². The van der Waals surface area contributed by atoms with Gasteiger partial charge in [0.1, 0.15) is 0 Å². The lowest BCUT2D eigenvalue weighted by molar-refractivity contribution is -0.140. The fourth-order valence-corrected chi connectivity index (χ4v) is 3.49. The molecule has 1 aliphatic rings.